The van der Waals surface area contributed by atoms with Crippen LogP contribution >= 0.6 is 0 Å². The Labute approximate surface area is 125 Å². The van der Waals surface area contributed by atoms with E-state index in [1.807, 2.05) is 4.90 Å². The number of nitrogens with zero attached hydrogens (tertiary/aromatic N) is 4. The van der Waals surface area contributed by atoms with E-state index in [1.54, 1.807) is 0 Å². The smallest absolute Gasteiger partial charge is 0.230 e. The second kappa shape index (κ2) is 6.83. The molecule has 1 aromatic rings. The molecule has 0 atom stereocenters. The predicted octanol–water partition coefficient (Wildman–Crippen LogP) is 1.87. The first-order valence-corrected chi connectivity index (χ1v) is 7.99. The van der Waals surface area contributed by atoms with Crippen molar-refractivity contribution in [1.29, 1.82) is 0 Å². The number of carbonyl (C=O) groups is 1. The minimum atomic E-state index is 0.125. The second-order valence-electron chi connectivity index (χ2n) is 6.15. The van der Waals surface area contributed by atoms with Gasteiger partial charge in [0.25, 0.3) is 0 Å². The maximum atomic E-state index is 12.4. The number of nitrogens with one attached hydrogen (secondary N) is 1. The predicted molar refractivity (Wildman–Crippen MR) is 78.4 cm³/mol. The van der Waals surface area contributed by atoms with Gasteiger partial charge in [-0.1, -0.05) is 16.9 Å². The molecule has 114 valence electrons. The fraction of sp³-hybridized carbons (Fsp3) is 0.733. The van der Waals surface area contributed by atoms with Crippen LogP contribution in [0.3, 0.4) is 0 Å². The highest BCUT2D eigenvalue weighted by Crippen LogP contribution is 2.30. The number of H-pyrrole nitrogens is 1. The van der Waals surface area contributed by atoms with Crippen molar-refractivity contribution in [3.63, 3.8) is 0 Å². The number of aromatic nitrogens is 4. The maximum Gasteiger partial charge on any atom is 0.230 e. The molecule has 0 unspecified atom stereocenters. The molecule has 1 saturated carbocycles. The minimum Gasteiger partial charge on any atom is -0.342 e. The maximum absolute atomic E-state index is 12.4. The standard InChI is InChI=1S/C15H23N5O/c21-15(10-14-16-18-19-17-14)20(11-13-6-7-13)9-8-12-4-2-1-3-5-12/h4,13H,1-3,5-11H2,(H,16,17,18,19). The Kier molecular flexibility index (Phi) is 4.62. The van der Waals surface area contributed by atoms with Crippen LogP contribution < -0.4 is 0 Å². The molecular formula is C15H23N5O. The van der Waals surface area contributed by atoms with Crippen molar-refractivity contribution in [3.05, 3.63) is 17.5 Å². The lowest BCUT2D eigenvalue weighted by Crippen LogP contribution is -2.35. The SMILES string of the molecule is O=C(Cc1nn[nH]n1)N(CCC1=CCCCC1)CC1CC1. The summed E-state index contributed by atoms with van der Waals surface area (Å²) in [6.07, 6.45) is 11.2. The summed E-state index contributed by atoms with van der Waals surface area (Å²) in [5, 5.41) is 13.7. The van der Waals surface area contributed by atoms with Gasteiger partial charge >= 0.3 is 0 Å². The lowest BCUT2D eigenvalue weighted by Gasteiger charge is -2.23. The van der Waals surface area contributed by atoms with E-state index in [9.17, 15) is 4.79 Å². The molecule has 6 nitrogen and oxygen atoms in total. The average Bonchev–Trinajstić information content (AvgIpc) is 3.19. The Hall–Kier alpha value is -1.72. The fourth-order valence-electron chi connectivity index (χ4n) is 2.84. The Morgan fingerprint density at radius 1 is 1.38 bits per heavy atom. The van der Waals surface area contributed by atoms with Gasteiger partial charge in [-0.2, -0.15) is 5.21 Å². The van der Waals surface area contributed by atoms with Crippen LogP contribution in [0.25, 0.3) is 0 Å². The van der Waals surface area contributed by atoms with Gasteiger partial charge < -0.3 is 4.90 Å². The molecule has 1 amide bonds. The van der Waals surface area contributed by atoms with E-state index in [0.717, 1.165) is 19.5 Å². The normalized spacial score (nSPS) is 18.4. The van der Waals surface area contributed by atoms with Crippen molar-refractivity contribution < 1.29 is 4.79 Å². The zero-order chi connectivity index (χ0) is 14.5. The van der Waals surface area contributed by atoms with Crippen LogP contribution in [-0.2, 0) is 11.2 Å². The molecule has 0 spiro atoms. The first-order chi connectivity index (χ1) is 10.3. The van der Waals surface area contributed by atoms with Crippen LogP contribution in [0.1, 0.15) is 50.8 Å². The minimum absolute atomic E-state index is 0.125. The van der Waals surface area contributed by atoms with Crippen LogP contribution in [0, 0.1) is 5.92 Å². The van der Waals surface area contributed by atoms with Gasteiger partial charge in [0.2, 0.25) is 5.91 Å². The number of tetrazole rings is 1. The van der Waals surface area contributed by atoms with Gasteiger partial charge in [-0.15, -0.1) is 10.2 Å². The summed E-state index contributed by atoms with van der Waals surface area (Å²) in [6.45, 7) is 1.73. The van der Waals surface area contributed by atoms with Crippen LogP contribution in [0.2, 0.25) is 0 Å². The van der Waals surface area contributed by atoms with E-state index in [4.69, 9.17) is 0 Å². The van der Waals surface area contributed by atoms with Crippen LogP contribution in [0.15, 0.2) is 11.6 Å². The number of hydrogen-bond acceptors (Lipinski definition) is 4. The fourth-order valence-corrected chi connectivity index (χ4v) is 2.84. The third kappa shape index (κ3) is 4.37. The molecule has 0 aliphatic heterocycles. The Bertz CT molecular complexity index is 492. The zero-order valence-electron chi connectivity index (χ0n) is 12.4. The van der Waals surface area contributed by atoms with E-state index in [-0.39, 0.29) is 12.3 Å². The molecule has 2 aliphatic carbocycles. The van der Waals surface area contributed by atoms with Crippen molar-refractivity contribution >= 4 is 5.91 Å². The number of allylic oxidation sites excluding steroid dienone is 1. The second-order valence-corrected chi connectivity index (χ2v) is 6.15. The van der Waals surface area contributed by atoms with Crippen molar-refractivity contribution in [2.24, 2.45) is 5.92 Å². The highest BCUT2D eigenvalue weighted by Gasteiger charge is 2.27. The highest BCUT2D eigenvalue weighted by atomic mass is 16.2. The summed E-state index contributed by atoms with van der Waals surface area (Å²) in [4.78, 5) is 14.4. The number of rotatable bonds is 7. The first-order valence-electron chi connectivity index (χ1n) is 7.99. The van der Waals surface area contributed by atoms with Gasteiger partial charge in [0.05, 0.1) is 6.42 Å². The molecule has 3 rings (SSSR count). The van der Waals surface area contributed by atoms with Gasteiger partial charge in [-0.05, 0) is 50.9 Å². The van der Waals surface area contributed by atoms with Crippen molar-refractivity contribution in [1.82, 2.24) is 25.5 Å². The van der Waals surface area contributed by atoms with E-state index in [2.05, 4.69) is 26.7 Å². The lowest BCUT2D eigenvalue weighted by molar-refractivity contribution is -0.130. The van der Waals surface area contributed by atoms with Gasteiger partial charge in [0, 0.05) is 13.1 Å². The number of amides is 1. The molecule has 0 radical (unpaired) electrons. The summed E-state index contributed by atoms with van der Waals surface area (Å²) in [5.41, 5.74) is 1.52. The van der Waals surface area contributed by atoms with Gasteiger partial charge in [0.1, 0.15) is 0 Å². The molecule has 0 saturated heterocycles. The molecule has 0 bridgehead atoms. The summed E-state index contributed by atoms with van der Waals surface area (Å²) in [7, 11) is 0. The largest absolute Gasteiger partial charge is 0.342 e. The number of aromatic amines is 1. The van der Waals surface area contributed by atoms with Crippen molar-refractivity contribution in [3.8, 4) is 0 Å². The molecule has 0 aromatic carbocycles. The lowest BCUT2D eigenvalue weighted by atomic mass is 9.97. The van der Waals surface area contributed by atoms with E-state index in [0.29, 0.717) is 11.7 Å². The molecule has 1 heterocycles. The van der Waals surface area contributed by atoms with E-state index in [1.165, 1.54) is 44.1 Å². The highest BCUT2D eigenvalue weighted by molar-refractivity contribution is 5.78. The number of hydrogen-bond donors (Lipinski definition) is 1. The molecule has 6 heteroatoms. The topological polar surface area (TPSA) is 74.8 Å². The quantitative estimate of drug-likeness (QED) is 0.778. The zero-order valence-corrected chi connectivity index (χ0v) is 12.4. The molecule has 21 heavy (non-hydrogen) atoms. The van der Waals surface area contributed by atoms with E-state index < -0.39 is 0 Å². The third-order valence-corrected chi connectivity index (χ3v) is 4.31. The van der Waals surface area contributed by atoms with Crippen LogP contribution in [0.4, 0.5) is 0 Å². The molecule has 2 aliphatic rings. The van der Waals surface area contributed by atoms with E-state index >= 15 is 0 Å². The van der Waals surface area contributed by atoms with Crippen molar-refractivity contribution in [2.45, 2.75) is 51.4 Å². The monoisotopic (exact) mass is 289 g/mol. The Morgan fingerprint density at radius 3 is 2.95 bits per heavy atom. The Morgan fingerprint density at radius 2 is 2.29 bits per heavy atom. The van der Waals surface area contributed by atoms with Gasteiger partial charge in [0.15, 0.2) is 5.82 Å². The van der Waals surface area contributed by atoms with Gasteiger partial charge in [-0.25, -0.2) is 0 Å². The van der Waals surface area contributed by atoms with Crippen LogP contribution in [-0.4, -0.2) is 44.5 Å². The van der Waals surface area contributed by atoms with Gasteiger partial charge in [-0.3, -0.25) is 4.79 Å². The summed E-state index contributed by atoms with van der Waals surface area (Å²) in [5.74, 6) is 1.32. The molecular weight excluding hydrogens is 266 g/mol. The van der Waals surface area contributed by atoms with Crippen LogP contribution in [0.5, 0.6) is 0 Å². The summed E-state index contributed by atoms with van der Waals surface area (Å²) in [6, 6.07) is 0. The molecule has 1 N–H and O–H groups in total. The first kappa shape index (κ1) is 14.2. The molecule has 1 aromatic heterocycles. The number of carbonyl (C=O) groups excluding carboxylic acids is 1. The molecule has 1 fully saturated rings. The average molecular weight is 289 g/mol. The summed E-state index contributed by atoms with van der Waals surface area (Å²) < 4.78 is 0. The summed E-state index contributed by atoms with van der Waals surface area (Å²) >= 11 is 0. The Balaban J connectivity index is 1.54. The third-order valence-electron chi connectivity index (χ3n) is 4.31. The van der Waals surface area contributed by atoms with Crippen molar-refractivity contribution in [2.75, 3.05) is 13.1 Å².